The third-order valence-corrected chi connectivity index (χ3v) is 5.50. The minimum atomic E-state index is -0.857. The van der Waals surface area contributed by atoms with Gasteiger partial charge in [-0.15, -0.1) is 0 Å². The summed E-state index contributed by atoms with van der Waals surface area (Å²) in [6.45, 7) is 4.15. The lowest BCUT2D eigenvalue weighted by atomic mass is 9.91. The van der Waals surface area contributed by atoms with Crippen molar-refractivity contribution in [1.29, 1.82) is 10.5 Å². The average Bonchev–Trinajstić information content (AvgIpc) is 2.76. The highest BCUT2D eigenvalue weighted by molar-refractivity contribution is 5.87. The Balaban J connectivity index is 1.61. The van der Waals surface area contributed by atoms with Gasteiger partial charge in [0.1, 0.15) is 6.04 Å². The van der Waals surface area contributed by atoms with Crippen LogP contribution in [0.4, 0.5) is 0 Å². The lowest BCUT2D eigenvalue weighted by Crippen LogP contribution is -2.70. The van der Waals surface area contributed by atoms with Crippen molar-refractivity contribution in [3.05, 3.63) is 59.7 Å². The molecule has 1 heterocycles. The zero-order chi connectivity index (χ0) is 21.6. The first-order valence-electron chi connectivity index (χ1n) is 10.1. The molecule has 6 heteroatoms. The van der Waals surface area contributed by atoms with Gasteiger partial charge in [0.25, 0.3) is 5.91 Å². The second kappa shape index (κ2) is 9.54. The number of carbonyl (C=O) groups excluding carboxylic acids is 1. The molecule has 0 bridgehead atoms. The highest BCUT2D eigenvalue weighted by Crippen LogP contribution is 2.25. The number of nitriles is 2. The fourth-order valence-electron chi connectivity index (χ4n) is 3.74. The number of hydrogen-bond donors (Lipinski definition) is 1. The first kappa shape index (κ1) is 21.5. The Morgan fingerprint density at radius 2 is 1.73 bits per heavy atom. The minimum absolute atomic E-state index is 0.224. The predicted octanol–water partition coefficient (Wildman–Crippen LogP) is 2.89. The van der Waals surface area contributed by atoms with Crippen molar-refractivity contribution in [2.75, 3.05) is 26.7 Å². The van der Waals surface area contributed by atoms with Gasteiger partial charge in [0.05, 0.1) is 17.7 Å². The van der Waals surface area contributed by atoms with E-state index in [-0.39, 0.29) is 5.91 Å². The highest BCUT2D eigenvalue weighted by atomic mass is 16.5. The summed E-state index contributed by atoms with van der Waals surface area (Å²) in [4.78, 5) is 14.9. The third kappa shape index (κ3) is 4.68. The van der Waals surface area contributed by atoms with Gasteiger partial charge in [-0.05, 0) is 41.8 Å². The van der Waals surface area contributed by atoms with Crippen molar-refractivity contribution in [2.24, 2.45) is 0 Å². The fraction of sp³-hybridized carbons (Fsp3) is 0.375. The Bertz CT molecular complexity index is 949. The monoisotopic (exact) mass is 402 g/mol. The predicted molar refractivity (Wildman–Crippen MR) is 114 cm³/mol. The van der Waals surface area contributed by atoms with Crippen LogP contribution in [0, 0.1) is 22.7 Å². The molecule has 0 saturated carbocycles. The molecule has 1 amide bonds. The molecule has 0 aromatic heterocycles. The highest BCUT2D eigenvalue weighted by Gasteiger charge is 2.49. The van der Waals surface area contributed by atoms with E-state index in [1.807, 2.05) is 36.4 Å². The summed E-state index contributed by atoms with van der Waals surface area (Å²) >= 11 is 0. The molecule has 0 aliphatic carbocycles. The third-order valence-electron chi connectivity index (χ3n) is 5.50. The van der Waals surface area contributed by atoms with Crippen molar-refractivity contribution in [3.63, 3.8) is 0 Å². The van der Waals surface area contributed by atoms with E-state index in [4.69, 9.17) is 10.00 Å². The smallest absolute Gasteiger partial charge is 0.255 e. The summed E-state index contributed by atoms with van der Waals surface area (Å²) in [5, 5.41) is 21.3. The molecule has 6 nitrogen and oxygen atoms in total. The number of amides is 1. The minimum Gasteiger partial charge on any atom is -0.366 e. The SMILES string of the molecule is CCCN1CC(OC)(C(=O)NC(C#N)Cc2ccc(-c3ccc(C#N)cc3)cc2)C1. The van der Waals surface area contributed by atoms with Crippen LogP contribution in [-0.2, 0) is 16.0 Å². The van der Waals surface area contributed by atoms with Crippen LogP contribution in [-0.4, -0.2) is 49.2 Å². The van der Waals surface area contributed by atoms with Crippen LogP contribution in [0.15, 0.2) is 48.5 Å². The number of carbonyl (C=O) groups is 1. The Morgan fingerprint density at radius 1 is 1.13 bits per heavy atom. The van der Waals surface area contributed by atoms with Crippen LogP contribution in [0.5, 0.6) is 0 Å². The molecular formula is C24H26N4O2. The van der Waals surface area contributed by atoms with Crippen LogP contribution in [0.3, 0.4) is 0 Å². The molecule has 154 valence electrons. The number of hydrogen-bond acceptors (Lipinski definition) is 5. The molecule has 1 atom stereocenters. The van der Waals surface area contributed by atoms with Crippen LogP contribution in [0.1, 0.15) is 24.5 Å². The number of rotatable bonds is 8. The number of ether oxygens (including phenoxy) is 1. The van der Waals surface area contributed by atoms with Crippen molar-refractivity contribution >= 4 is 5.91 Å². The van der Waals surface area contributed by atoms with E-state index in [2.05, 4.69) is 29.3 Å². The molecule has 1 aliphatic heterocycles. The molecule has 0 spiro atoms. The summed E-state index contributed by atoms with van der Waals surface area (Å²) in [6, 6.07) is 19.0. The summed E-state index contributed by atoms with van der Waals surface area (Å²) in [5.41, 5.74) is 2.79. The lowest BCUT2D eigenvalue weighted by molar-refractivity contribution is -0.167. The zero-order valence-corrected chi connectivity index (χ0v) is 17.4. The van der Waals surface area contributed by atoms with Gasteiger partial charge in [0.15, 0.2) is 5.60 Å². The molecule has 1 saturated heterocycles. The standard InChI is InChI=1S/C24H26N4O2/c1-3-12-28-16-24(17-28,30-2)23(29)27-22(15-26)13-18-4-8-20(9-5-18)21-10-6-19(14-25)7-11-21/h4-11,22H,3,12-13,16-17H2,1-2H3,(H,27,29). The Labute approximate surface area is 177 Å². The topological polar surface area (TPSA) is 89.2 Å². The molecule has 1 N–H and O–H groups in total. The van der Waals surface area contributed by atoms with Gasteiger partial charge in [-0.25, -0.2) is 0 Å². The normalized spacial score (nSPS) is 16.0. The Hall–Kier alpha value is -3.19. The Morgan fingerprint density at radius 3 is 2.23 bits per heavy atom. The number of benzene rings is 2. The van der Waals surface area contributed by atoms with Gasteiger partial charge >= 0.3 is 0 Å². The van der Waals surface area contributed by atoms with Gasteiger partial charge in [0, 0.05) is 26.6 Å². The second-order valence-electron chi connectivity index (χ2n) is 7.65. The molecule has 1 aliphatic rings. The largest absolute Gasteiger partial charge is 0.366 e. The number of methoxy groups -OCH3 is 1. The van der Waals surface area contributed by atoms with E-state index < -0.39 is 11.6 Å². The maximum atomic E-state index is 12.7. The molecule has 30 heavy (non-hydrogen) atoms. The van der Waals surface area contributed by atoms with Crippen molar-refractivity contribution in [1.82, 2.24) is 10.2 Å². The molecule has 2 aromatic carbocycles. The number of nitrogens with one attached hydrogen (secondary N) is 1. The molecule has 2 aromatic rings. The first-order chi connectivity index (χ1) is 14.5. The molecule has 0 radical (unpaired) electrons. The van der Waals surface area contributed by atoms with Crippen LogP contribution in [0.25, 0.3) is 11.1 Å². The molecule has 3 rings (SSSR count). The average molecular weight is 402 g/mol. The summed E-state index contributed by atoms with van der Waals surface area (Å²) in [7, 11) is 1.55. The quantitative estimate of drug-likeness (QED) is 0.733. The van der Waals surface area contributed by atoms with Gasteiger partial charge in [-0.2, -0.15) is 10.5 Å². The van der Waals surface area contributed by atoms with E-state index in [0.29, 0.717) is 25.1 Å². The summed E-state index contributed by atoms with van der Waals surface area (Å²) < 4.78 is 5.51. The van der Waals surface area contributed by atoms with E-state index in [0.717, 1.165) is 29.7 Å². The van der Waals surface area contributed by atoms with Gasteiger partial charge in [0.2, 0.25) is 0 Å². The number of likely N-dealkylation sites (tertiary alicyclic amines) is 1. The first-order valence-corrected chi connectivity index (χ1v) is 10.1. The van der Waals surface area contributed by atoms with Crippen LogP contribution < -0.4 is 5.32 Å². The van der Waals surface area contributed by atoms with E-state index in [9.17, 15) is 10.1 Å². The van der Waals surface area contributed by atoms with Gasteiger partial charge in [-0.3, -0.25) is 9.69 Å². The van der Waals surface area contributed by atoms with Gasteiger partial charge < -0.3 is 10.1 Å². The zero-order valence-electron chi connectivity index (χ0n) is 17.4. The van der Waals surface area contributed by atoms with Crippen LogP contribution in [0.2, 0.25) is 0 Å². The summed E-state index contributed by atoms with van der Waals surface area (Å²) in [5.74, 6) is -0.224. The molecular weight excluding hydrogens is 376 g/mol. The summed E-state index contributed by atoms with van der Waals surface area (Å²) in [6.07, 6.45) is 1.45. The fourth-order valence-corrected chi connectivity index (χ4v) is 3.74. The van der Waals surface area contributed by atoms with Gasteiger partial charge in [-0.1, -0.05) is 43.3 Å². The molecule has 1 unspecified atom stereocenters. The molecule has 1 fully saturated rings. The van der Waals surface area contributed by atoms with E-state index >= 15 is 0 Å². The van der Waals surface area contributed by atoms with Crippen molar-refractivity contribution in [3.8, 4) is 23.3 Å². The number of nitrogens with zero attached hydrogens (tertiary/aromatic N) is 3. The van der Waals surface area contributed by atoms with E-state index in [1.54, 1.807) is 19.2 Å². The van der Waals surface area contributed by atoms with Crippen molar-refractivity contribution < 1.29 is 9.53 Å². The van der Waals surface area contributed by atoms with Crippen molar-refractivity contribution in [2.45, 2.75) is 31.4 Å². The lowest BCUT2D eigenvalue weighted by Gasteiger charge is -2.47. The van der Waals surface area contributed by atoms with Crippen LogP contribution >= 0.6 is 0 Å². The van der Waals surface area contributed by atoms with E-state index in [1.165, 1.54) is 0 Å². The second-order valence-corrected chi connectivity index (χ2v) is 7.65. The maximum Gasteiger partial charge on any atom is 0.255 e. The maximum absolute atomic E-state index is 12.7. The Kier molecular flexibility index (Phi) is 6.84.